The molecule has 2 unspecified atom stereocenters. The molecule has 7 heteroatoms. The zero-order valence-corrected chi connectivity index (χ0v) is 13.0. The van der Waals surface area contributed by atoms with Crippen LogP contribution in [0.2, 0.25) is 0 Å². The number of fused-ring (bicyclic) bond motifs is 1. The number of amides is 1. The van der Waals surface area contributed by atoms with Crippen LogP contribution in [0.3, 0.4) is 0 Å². The van der Waals surface area contributed by atoms with Gasteiger partial charge in [0.1, 0.15) is 17.5 Å². The van der Waals surface area contributed by atoms with Gasteiger partial charge in [-0.15, -0.1) is 0 Å². The second kappa shape index (κ2) is 5.57. The van der Waals surface area contributed by atoms with Crippen LogP contribution in [0.15, 0.2) is 15.5 Å². The summed E-state index contributed by atoms with van der Waals surface area (Å²) >= 11 is 0. The number of nitrogens with one attached hydrogen (secondary N) is 2. The van der Waals surface area contributed by atoms with Crippen molar-refractivity contribution in [1.82, 2.24) is 20.2 Å². The lowest BCUT2D eigenvalue weighted by molar-refractivity contribution is 0.0915. The number of hydrogen-bond donors (Lipinski definition) is 2. The van der Waals surface area contributed by atoms with Crippen molar-refractivity contribution in [2.45, 2.75) is 26.3 Å². The highest BCUT2D eigenvalue weighted by Crippen LogP contribution is 2.21. The maximum Gasteiger partial charge on any atom is 0.265 e. The van der Waals surface area contributed by atoms with Crippen molar-refractivity contribution >= 4 is 17.0 Å². The first kappa shape index (κ1) is 14.8. The van der Waals surface area contributed by atoms with E-state index in [1.165, 1.54) is 10.9 Å². The van der Waals surface area contributed by atoms with E-state index in [2.05, 4.69) is 22.5 Å². The first-order valence-electron chi connectivity index (χ1n) is 7.45. The van der Waals surface area contributed by atoms with E-state index >= 15 is 0 Å². The summed E-state index contributed by atoms with van der Waals surface area (Å²) in [7, 11) is 1.60. The molecule has 0 saturated carbocycles. The predicted molar refractivity (Wildman–Crippen MR) is 81.9 cm³/mol. The third-order valence-corrected chi connectivity index (χ3v) is 4.32. The quantitative estimate of drug-likeness (QED) is 0.846. The largest absolute Gasteiger partial charge is 0.442 e. The molecule has 1 aliphatic rings. The van der Waals surface area contributed by atoms with Crippen LogP contribution in [0.25, 0.3) is 11.1 Å². The van der Waals surface area contributed by atoms with Crippen LogP contribution in [0.1, 0.15) is 29.5 Å². The highest BCUT2D eigenvalue weighted by atomic mass is 16.3. The number of nitrogens with zero attached hydrogens (tertiary/aromatic N) is 2. The van der Waals surface area contributed by atoms with Crippen LogP contribution in [0, 0.1) is 12.8 Å². The molecule has 0 spiro atoms. The average Bonchev–Trinajstić information content (AvgIpc) is 2.82. The standard InChI is InChI=1S/C15H20N4O3/c1-8-4-5-16-6-10(8)18-13(20)11-9(2)22-14-12(11)15(21)19(3)7-17-14/h7-8,10,16H,4-6H2,1-3H3,(H,18,20). The molecule has 3 rings (SSSR count). The summed E-state index contributed by atoms with van der Waals surface area (Å²) in [5.74, 6) is 0.534. The van der Waals surface area contributed by atoms with E-state index < -0.39 is 0 Å². The van der Waals surface area contributed by atoms with Crippen LogP contribution < -0.4 is 16.2 Å². The van der Waals surface area contributed by atoms with Gasteiger partial charge in [-0.3, -0.25) is 9.59 Å². The number of aromatic nitrogens is 2. The number of hydrogen-bond acceptors (Lipinski definition) is 5. The van der Waals surface area contributed by atoms with Crippen molar-refractivity contribution in [2.75, 3.05) is 13.1 Å². The van der Waals surface area contributed by atoms with Gasteiger partial charge in [-0.1, -0.05) is 6.92 Å². The second-order valence-electron chi connectivity index (χ2n) is 5.92. The molecule has 1 aliphatic heterocycles. The maximum absolute atomic E-state index is 12.6. The van der Waals surface area contributed by atoms with Gasteiger partial charge in [0, 0.05) is 19.6 Å². The number of piperidine rings is 1. The summed E-state index contributed by atoms with van der Waals surface area (Å²) in [6, 6.07) is 0.0473. The Kier molecular flexibility index (Phi) is 3.74. The molecule has 2 aromatic heterocycles. The molecular formula is C15H20N4O3. The van der Waals surface area contributed by atoms with E-state index in [-0.39, 0.29) is 28.6 Å². The minimum absolute atomic E-state index is 0.0473. The summed E-state index contributed by atoms with van der Waals surface area (Å²) in [6.45, 7) is 5.49. The molecule has 0 radical (unpaired) electrons. The van der Waals surface area contributed by atoms with Gasteiger partial charge in [0.25, 0.3) is 11.5 Å². The molecular weight excluding hydrogens is 284 g/mol. The summed E-state index contributed by atoms with van der Waals surface area (Å²) in [5.41, 5.74) is 0.226. The first-order chi connectivity index (χ1) is 10.5. The molecule has 118 valence electrons. The molecule has 22 heavy (non-hydrogen) atoms. The van der Waals surface area contributed by atoms with Gasteiger partial charge in [0.05, 0.1) is 5.56 Å². The van der Waals surface area contributed by atoms with Crippen molar-refractivity contribution in [3.8, 4) is 0 Å². The summed E-state index contributed by atoms with van der Waals surface area (Å²) in [4.78, 5) is 29.0. The van der Waals surface area contributed by atoms with Crippen LogP contribution >= 0.6 is 0 Å². The molecule has 2 N–H and O–H groups in total. The van der Waals surface area contributed by atoms with Crippen molar-refractivity contribution in [1.29, 1.82) is 0 Å². The Labute approximate surface area is 127 Å². The normalized spacial score (nSPS) is 22.0. The highest BCUT2D eigenvalue weighted by Gasteiger charge is 2.27. The van der Waals surface area contributed by atoms with Gasteiger partial charge >= 0.3 is 0 Å². The molecule has 2 atom stereocenters. The summed E-state index contributed by atoms with van der Waals surface area (Å²) in [6.07, 6.45) is 2.40. The lowest BCUT2D eigenvalue weighted by Crippen LogP contribution is -2.50. The second-order valence-corrected chi connectivity index (χ2v) is 5.92. The van der Waals surface area contributed by atoms with E-state index in [9.17, 15) is 9.59 Å². The molecule has 1 saturated heterocycles. The van der Waals surface area contributed by atoms with Crippen LogP contribution in [0.5, 0.6) is 0 Å². The first-order valence-corrected chi connectivity index (χ1v) is 7.45. The lowest BCUT2D eigenvalue weighted by atomic mass is 9.94. The maximum atomic E-state index is 12.6. The summed E-state index contributed by atoms with van der Waals surface area (Å²) in [5, 5.41) is 6.53. The molecule has 7 nitrogen and oxygen atoms in total. The monoisotopic (exact) mass is 304 g/mol. The number of aryl methyl sites for hydroxylation is 2. The Morgan fingerprint density at radius 2 is 2.32 bits per heavy atom. The third kappa shape index (κ3) is 2.41. The molecule has 1 fully saturated rings. The predicted octanol–water partition coefficient (Wildman–Crippen LogP) is 0.563. The van der Waals surface area contributed by atoms with E-state index in [1.807, 2.05) is 0 Å². The number of carbonyl (C=O) groups excluding carboxylic acids is 1. The van der Waals surface area contributed by atoms with Crippen LogP contribution in [0.4, 0.5) is 0 Å². The zero-order chi connectivity index (χ0) is 15.9. The van der Waals surface area contributed by atoms with Gasteiger partial charge in [0.15, 0.2) is 0 Å². The number of furan rings is 1. The fourth-order valence-electron chi connectivity index (χ4n) is 2.88. The fourth-order valence-corrected chi connectivity index (χ4v) is 2.88. The van der Waals surface area contributed by atoms with Gasteiger partial charge in [0.2, 0.25) is 5.71 Å². The highest BCUT2D eigenvalue weighted by molar-refractivity contribution is 6.06. The topological polar surface area (TPSA) is 89.2 Å². The Morgan fingerprint density at radius 1 is 1.55 bits per heavy atom. The van der Waals surface area contributed by atoms with Crippen LogP contribution in [-0.4, -0.2) is 34.6 Å². The van der Waals surface area contributed by atoms with E-state index in [0.717, 1.165) is 19.5 Å². The van der Waals surface area contributed by atoms with Crippen molar-refractivity contribution in [3.05, 3.63) is 28.0 Å². The molecule has 0 bridgehead atoms. The smallest absolute Gasteiger partial charge is 0.265 e. The Hall–Kier alpha value is -2.15. The lowest BCUT2D eigenvalue weighted by Gasteiger charge is -2.30. The van der Waals surface area contributed by atoms with Gasteiger partial charge in [-0.25, -0.2) is 4.98 Å². The SMILES string of the molecule is Cc1oc2ncn(C)c(=O)c2c1C(=O)NC1CNCCC1C. The van der Waals surface area contributed by atoms with Crippen LogP contribution in [-0.2, 0) is 7.05 Å². The molecule has 0 aliphatic carbocycles. The van der Waals surface area contributed by atoms with Crippen molar-refractivity contribution < 1.29 is 9.21 Å². The van der Waals surface area contributed by atoms with E-state index in [1.54, 1.807) is 14.0 Å². The Balaban J connectivity index is 1.98. The minimum atomic E-state index is -0.276. The number of carbonyl (C=O) groups is 1. The zero-order valence-electron chi connectivity index (χ0n) is 13.0. The van der Waals surface area contributed by atoms with Crippen molar-refractivity contribution in [2.24, 2.45) is 13.0 Å². The van der Waals surface area contributed by atoms with Gasteiger partial charge in [-0.05, 0) is 25.8 Å². The van der Waals surface area contributed by atoms with E-state index in [4.69, 9.17) is 4.42 Å². The average molecular weight is 304 g/mol. The molecule has 1 amide bonds. The Morgan fingerprint density at radius 3 is 3.05 bits per heavy atom. The van der Waals surface area contributed by atoms with Gasteiger partial charge in [-0.2, -0.15) is 0 Å². The molecule has 3 heterocycles. The minimum Gasteiger partial charge on any atom is -0.442 e. The Bertz CT molecular complexity index is 777. The molecule has 0 aromatic carbocycles. The number of rotatable bonds is 2. The van der Waals surface area contributed by atoms with E-state index in [0.29, 0.717) is 17.2 Å². The summed E-state index contributed by atoms with van der Waals surface area (Å²) < 4.78 is 6.82. The fraction of sp³-hybridized carbons (Fsp3) is 0.533. The third-order valence-electron chi connectivity index (χ3n) is 4.32. The van der Waals surface area contributed by atoms with Gasteiger partial charge < -0.3 is 19.6 Å². The molecule has 2 aromatic rings. The van der Waals surface area contributed by atoms with Crippen molar-refractivity contribution in [3.63, 3.8) is 0 Å².